The van der Waals surface area contributed by atoms with Crippen molar-refractivity contribution in [2.24, 2.45) is 17.3 Å². The van der Waals surface area contributed by atoms with Crippen molar-refractivity contribution < 1.29 is 14.3 Å². The molecule has 0 spiro atoms. The van der Waals surface area contributed by atoms with Gasteiger partial charge in [-0.2, -0.15) is 0 Å². The fourth-order valence-corrected chi connectivity index (χ4v) is 5.77. The molecule has 21 heavy (non-hydrogen) atoms. The molecule has 1 heterocycles. The summed E-state index contributed by atoms with van der Waals surface area (Å²) in [6.45, 7) is 6.88. The smallest absolute Gasteiger partial charge is 0.302 e. The Bertz CT molecular complexity index is 463. The van der Waals surface area contributed by atoms with Crippen LogP contribution in [0.25, 0.3) is 0 Å². The summed E-state index contributed by atoms with van der Waals surface area (Å²) in [5.41, 5.74) is 0.247. The normalized spacial score (nSPS) is 41.6. The zero-order chi connectivity index (χ0) is 15.3. The number of hydrogen-bond donors (Lipinski definition) is 0. The van der Waals surface area contributed by atoms with Gasteiger partial charge in [0.2, 0.25) is 5.91 Å². The Morgan fingerprint density at radius 3 is 2.67 bits per heavy atom. The Morgan fingerprint density at radius 1 is 1.24 bits per heavy atom. The van der Waals surface area contributed by atoms with E-state index in [9.17, 15) is 9.59 Å². The third-order valence-electron chi connectivity index (χ3n) is 6.30. The quantitative estimate of drug-likeness (QED) is 0.735. The monoisotopic (exact) mass is 293 g/mol. The maximum Gasteiger partial charge on any atom is 0.302 e. The van der Waals surface area contributed by atoms with Gasteiger partial charge in [-0.3, -0.25) is 9.59 Å². The molecule has 1 amide bonds. The number of esters is 1. The van der Waals surface area contributed by atoms with E-state index in [1.165, 1.54) is 32.6 Å². The van der Waals surface area contributed by atoms with E-state index in [1.54, 1.807) is 6.92 Å². The van der Waals surface area contributed by atoms with Gasteiger partial charge in [-0.25, -0.2) is 0 Å². The third kappa shape index (κ3) is 2.27. The van der Waals surface area contributed by atoms with Gasteiger partial charge in [0.1, 0.15) is 0 Å². The molecule has 1 aliphatic heterocycles. The highest BCUT2D eigenvalue weighted by atomic mass is 16.5. The minimum Gasteiger partial charge on any atom is -0.466 e. The predicted molar refractivity (Wildman–Crippen MR) is 79.5 cm³/mol. The largest absolute Gasteiger partial charge is 0.466 e. The molecule has 3 rings (SSSR count). The molecule has 0 aromatic heterocycles. The minimum atomic E-state index is -0.195. The molecule has 118 valence electrons. The molecule has 2 saturated carbocycles. The van der Waals surface area contributed by atoms with E-state index in [0.717, 1.165) is 19.4 Å². The fourth-order valence-electron chi connectivity index (χ4n) is 5.77. The van der Waals surface area contributed by atoms with Gasteiger partial charge < -0.3 is 9.64 Å². The lowest BCUT2D eigenvalue weighted by Crippen LogP contribution is -2.52. The summed E-state index contributed by atoms with van der Waals surface area (Å²) in [5, 5.41) is 0. The standard InChI is InChI=1S/C17H27NO3/c1-12(19)18-11-17-7-5-4-6-15(17)16(18,3)8-14(9-17)10-21-13(2)20/h14-15H,4-11H2,1-3H3. The zero-order valence-corrected chi connectivity index (χ0v) is 13.5. The minimum absolute atomic E-state index is 0.0324. The van der Waals surface area contributed by atoms with Gasteiger partial charge in [0.15, 0.2) is 0 Å². The molecular formula is C17H27NO3. The third-order valence-corrected chi connectivity index (χ3v) is 6.30. The molecular weight excluding hydrogens is 266 g/mol. The number of rotatable bonds is 2. The van der Waals surface area contributed by atoms with E-state index in [4.69, 9.17) is 4.74 Å². The lowest BCUT2D eigenvalue weighted by molar-refractivity contribution is -0.145. The van der Waals surface area contributed by atoms with Crippen molar-refractivity contribution in [2.75, 3.05) is 13.2 Å². The van der Waals surface area contributed by atoms with Crippen molar-refractivity contribution >= 4 is 11.9 Å². The Hall–Kier alpha value is -1.06. The van der Waals surface area contributed by atoms with Gasteiger partial charge in [0.05, 0.1) is 6.61 Å². The second-order valence-electron chi connectivity index (χ2n) is 7.70. The Balaban J connectivity index is 1.87. The van der Waals surface area contributed by atoms with Crippen LogP contribution in [0.5, 0.6) is 0 Å². The van der Waals surface area contributed by atoms with E-state index >= 15 is 0 Å². The highest BCUT2D eigenvalue weighted by Crippen LogP contribution is 2.62. The number of carbonyl (C=O) groups excluding carboxylic acids is 2. The van der Waals surface area contributed by atoms with Gasteiger partial charge in [0.25, 0.3) is 0 Å². The number of likely N-dealkylation sites (tertiary alicyclic amines) is 1. The molecule has 3 aliphatic rings. The predicted octanol–water partition coefficient (Wildman–Crippen LogP) is 2.76. The molecule has 0 radical (unpaired) electrons. The van der Waals surface area contributed by atoms with Crippen LogP contribution >= 0.6 is 0 Å². The molecule has 0 N–H and O–H groups in total. The van der Waals surface area contributed by atoms with Crippen molar-refractivity contribution in [1.29, 1.82) is 0 Å². The van der Waals surface area contributed by atoms with Gasteiger partial charge in [-0.1, -0.05) is 12.8 Å². The van der Waals surface area contributed by atoms with Crippen molar-refractivity contribution in [3.05, 3.63) is 0 Å². The first-order valence-electron chi connectivity index (χ1n) is 8.29. The lowest BCUT2D eigenvalue weighted by atomic mass is 9.54. The molecule has 1 saturated heterocycles. The van der Waals surface area contributed by atoms with Crippen molar-refractivity contribution in [1.82, 2.24) is 4.90 Å². The molecule has 4 nitrogen and oxygen atoms in total. The van der Waals surface area contributed by atoms with Crippen molar-refractivity contribution in [3.8, 4) is 0 Å². The Labute approximate surface area is 127 Å². The van der Waals surface area contributed by atoms with Crippen LogP contribution in [-0.4, -0.2) is 35.5 Å². The van der Waals surface area contributed by atoms with Crippen LogP contribution in [0.15, 0.2) is 0 Å². The van der Waals surface area contributed by atoms with Gasteiger partial charge in [-0.05, 0) is 49.9 Å². The van der Waals surface area contributed by atoms with Crippen LogP contribution in [0, 0.1) is 17.3 Å². The Kier molecular flexibility index (Phi) is 3.53. The zero-order valence-electron chi connectivity index (χ0n) is 13.5. The fraction of sp³-hybridized carbons (Fsp3) is 0.882. The van der Waals surface area contributed by atoms with Crippen molar-refractivity contribution in [2.45, 2.75) is 64.8 Å². The van der Waals surface area contributed by atoms with E-state index < -0.39 is 0 Å². The van der Waals surface area contributed by atoms with Crippen LogP contribution < -0.4 is 0 Å². The van der Waals surface area contributed by atoms with Crippen LogP contribution in [0.2, 0.25) is 0 Å². The summed E-state index contributed by atoms with van der Waals surface area (Å²) < 4.78 is 5.28. The number of carbonyl (C=O) groups is 2. The first kappa shape index (κ1) is 14.9. The lowest BCUT2D eigenvalue weighted by Gasteiger charge is -2.51. The molecule has 2 aliphatic carbocycles. The number of nitrogens with zero attached hydrogens (tertiary/aromatic N) is 1. The van der Waals surface area contributed by atoms with Gasteiger partial charge >= 0.3 is 5.97 Å². The molecule has 3 fully saturated rings. The average molecular weight is 293 g/mol. The number of ether oxygens (including phenoxy) is 1. The first-order valence-corrected chi connectivity index (χ1v) is 8.29. The SMILES string of the molecule is CC(=O)OCC1CC23CCCCC2C(C)(C1)N(C(C)=O)C3. The van der Waals surface area contributed by atoms with E-state index in [0.29, 0.717) is 18.4 Å². The highest BCUT2D eigenvalue weighted by Gasteiger charge is 2.63. The highest BCUT2D eigenvalue weighted by molar-refractivity contribution is 5.75. The van der Waals surface area contributed by atoms with Crippen LogP contribution in [0.4, 0.5) is 0 Å². The average Bonchev–Trinajstić information content (AvgIpc) is 2.59. The van der Waals surface area contributed by atoms with E-state index in [1.807, 2.05) is 0 Å². The van der Waals surface area contributed by atoms with Crippen LogP contribution in [-0.2, 0) is 14.3 Å². The van der Waals surface area contributed by atoms with Gasteiger partial charge in [-0.15, -0.1) is 0 Å². The summed E-state index contributed by atoms with van der Waals surface area (Å²) in [4.78, 5) is 25.4. The number of amides is 1. The molecule has 2 bridgehead atoms. The topological polar surface area (TPSA) is 46.6 Å². The van der Waals surface area contributed by atoms with Crippen LogP contribution in [0.3, 0.4) is 0 Å². The second kappa shape index (κ2) is 4.99. The molecule has 4 atom stereocenters. The maximum atomic E-state index is 12.1. The summed E-state index contributed by atoms with van der Waals surface area (Å²) in [5.74, 6) is 1.05. The number of hydrogen-bond acceptors (Lipinski definition) is 3. The van der Waals surface area contributed by atoms with E-state index in [2.05, 4.69) is 11.8 Å². The maximum absolute atomic E-state index is 12.1. The summed E-state index contributed by atoms with van der Waals surface area (Å²) >= 11 is 0. The van der Waals surface area contributed by atoms with Crippen LogP contribution in [0.1, 0.15) is 59.3 Å². The first-order chi connectivity index (χ1) is 9.87. The summed E-state index contributed by atoms with van der Waals surface area (Å²) in [7, 11) is 0. The molecule has 4 heteroatoms. The molecule has 4 unspecified atom stereocenters. The summed E-state index contributed by atoms with van der Waals surface area (Å²) in [6.07, 6.45) is 7.14. The summed E-state index contributed by atoms with van der Waals surface area (Å²) in [6, 6.07) is 0. The second-order valence-corrected chi connectivity index (χ2v) is 7.70. The Morgan fingerprint density at radius 2 is 2.00 bits per heavy atom. The molecule has 0 aromatic rings. The van der Waals surface area contributed by atoms with Crippen molar-refractivity contribution in [3.63, 3.8) is 0 Å². The van der Waals surface area contributed by atoms with Gasteiger partial charge in [0, 0.05) is 25.9 Å². The van der Waals surface area contributed by atoms with E-state index in [-0.39, 0.29) is 22.8 Å². The molecule has 0 aromatic carbocycles.